The van der Waals surface area contributed by atoms with Gasteiger partial charge in [-0.3, -0.25) is 19.9 Å². The first-order valence-corrected chi connectivity index (χ1v) is 13.2. The molecular formula is C30H21N7OS. The summed E-state index contributed by atoms with van der Waals surface area (Å²) >= 11 is 1.75. The normalized spacial score (nSPS) is 11.3. The molecule has 1 amide bonds. The Morgan fingerprint density at radius 1 is 0.923 bits per heavy atom. The number of anilines is 1. The molecule has 188 valence electrons. The largest absolute Gasteiger partial charge is 0.337 e. The number of carbonyl (C=O) groups excluding carboxylic acids is 1. The van der Waals surface area contributed by atoms with Crippen LogP contribution in [0.1, 0.15) is 15.2 Å². The quantitative estimate of drug-likeness (QED) is 0.227. The maximum absolute atomic E-state index is 12.6. The molecule has 7 aromatic rings. The van der Waals surface area contributed by atoms with Crippen molar-refractivity contribution in [2.24, 2.45) is 0 Å². The van der Waals surface area contributed by atoms with Gasteiger partial charge in [0.15, 0.2) is 5.82 Å². The number of aromatic nitrogens is 6. The number of nitrogens with zero attached hydrogens (tertiary/aromatic N) is 4. The summed E-state index contributed by atoms with van der Waals surface area (Å²) in [5.41, 5.74) is 7.10. The second kappa shape index (κ2) is 9.30. The van der Waals surface area contributed by atoms with Gasteiger partial charge in [-0.2, -0.15) is 5.10 Å². The van der Waals surface area contributed by atoms with E-state index >= 15 is 0 Å². The van der Waals surface area contributed by atoms with Crippen LogP contribution in [0.4, 0.5) is 5.69 Å². The van der Waals surface area contributed by atoms with Crippen molar-refractivity contribution in [2.45, 2.75) is 6.92 Å². The average Bonchev–Trinajstić information content (AvgIpc) is 3.71. The number of pyridine rings is 2. The molecule has 0 fully saturated rings. The first kappa shape index (κ1) is 23.0. The second-order valence-electron chi connectivity index (χ2n) is 9.17. The van der Waals surface area contributed by atoms with E-state index in [0.717, 1.165) is 33.1 Å². The topological polar surface area (TPSA) is 112 Å². The van der Waals surface area contributed by atoms with Gasteiger partial charge in [-0.15, -0.1) is 11.3 Å². The Balaban J connectivity index is 1.25. The van der Waals surface area contributed by atoms with Crippen LogP contribution in [-0.4, -0.2) is 36.0 Å². The number of aromatic amines is 2. The van der Waals surface area contributed by atoms with Crippen LogP contribution in [0.2, 0.25) is 0 Å². The second-order valence-corrected chi connectivity index (χ2v) is 10.5. The molecule has 0 bridgehead atoms. The molecule has 0 saturated heterocycles. The van der Waals surface area contributed by atoms with Gasteiger partial charge in [-0.1, -0.05) is 30.3 Å². The first-order valence-electron chi connectivity index (χ1n) is 12.3. The molecule has 0 atom stereocenters. The van der Waals surface area contributed by atoms with Gasteiger partial charge in [0.2, 0.25) is 0 Å². The number of hydrogen-bond acceptors (Lipinski definition) is 6. The third-order valence-electron chi connectivity index (χ3n) is 6.52. The Hall–Kier alpha value is -5.15. The van der Waals surface area contributed by atoms with Crippen LogP contribution < -0.4 is 5.32 Å². The van der Waals surface area contributed by atoms with Gasteiger partial charge in [-0.05, 0) is 49.4 Å². The van der Waals surface area contributed by atoms with Gasteiger partial charge >= 0.3 is 0 Å². The number of imidazole rings is 1. The number of aryl methyl sites for hydroxylation is 1. The monoisotopic (exact) mass is 527 g/mol. The summed E-state index contributed by atoms with van der Waals surface area (Å²) in [6.45, 7) is 2.11. The van der Waals surface area contributed by atoms with Gasteiger partial charge in [0.25, 0.3) is 5.91 Å². The van der Waals surface area contributed by atoms with Crippen LogP contribution in [0.25, 0.3) is 55.2 Å². The van der Waals surface area contributed by atoms with Gasteiger partial charge in [-0.25, -0.2) is 4.98 Å². The minimum absolute atomic E-state index is 0.197. The van der Waals surface area contributed by atoms with Gasteiger partial charge in [0.1, 0.15) is 5.69 Å². The average molecular weight is 528 g/mol. The summed E-state index contributed by atoms with van der Waals surface area (Å²) in [5, 5.41) is 11.4. The summed E-state index contributed by atoms with van der Waals surface area (Å²) in [5.74, 6) is 0.480. The predicted octanol–water partition coefficient (Wildman–Crippen LogP) is 6.85. The van der Waals surface area contributed by atoms with Crippen LogP contribution in [0.15, 0.2) is 91.4 Å². The Morgan fingerprint density at radius 3 is 2.67 bits per heavy atom. The fraction of sp³-hybridized carbons (Fsp3) is 0.0333. The molecule has 2 aromatic carbocycles. The SMILES string of the molecule is Cc1ccc(-c2cccc3[nH]c(-c4n[nH]c5cnc(-c6cncc(NC(=O)c7ccccc7)c6)cc45)nc23)s1. The number of thiophene rings is 1. The lowest BCUT2D eigenvalue weighted by molar-refractivity contribution is 0.102. The Morgan fingerprint density at radius 2 is 1.82 bits per heavy atom. The van der Waals surface area contributed by atoms with E-state index in [4.69, 9.17) is 4.98 Å². The fourth-order valence-corrected chi connectivity index (χ4v) is 5.51. The van der Waals surface area contributed by atoms with Crippen molar-refractivity contribution in [1.29, 1.82) is 0 Å². The molecule has 5 heterocycles. The molecule has 0 aliphatic carbocycles. The van der Waals surface area contributed by atoms with Crippen LogP contribution in [0.3, 0.4) is 0 Å². The summed E-state index contributed by atoms with van der Waals surface area (Å²) in [4.78, 5) is 32.4. The van der Waals surface area contributed by atoms with Crippen LogP contribution in [0.5, 0.6) is 0 Å². The molecule has 7 rings (SSSR count). The van der Waals surface area contributed by atoms with E-state index in [2.05, 4.69) is 55.6 Å². The van der Waals surface area contributed by atoms with Crippen molar-refractivity contribution in [3.05, 3.63) is 102 Å². The molecule has 0 unspecified atom stereocenters. The summed E-state index contributed by atoms with van der Waals surface area (Å²) < 4.78 is 0. The van der Waals surface area contributed by atoms with E-state index < -0.39 is 0 Å². The van der Waals surface area contributed by atoms with Gasteiger partial charge in [0, 0.05) is 38.0 Å². The van der Waals surface area contributed by atoms with Crippen molar-refractivity contribution in [1.82, 2.24) is 30.1 Å². The minimum Gasteiger partial charge on any atom is -0.337 e. The third-order valence-corrected chi connectivity index (χ3v) is 7.55. The van der Waals surface area contributed by atoms with Crippen LogP contribution in [0, 0.1) is 6.92 Å². The Labute approximate surface area is 226 Å². The van der Waals surface area contributed by atoms with E-state index in [1.165, 1.54) is 9.75 Å². The van der Waals surface area contributed by atoms with Crippen molar-refractivity contribution >= 4 is 44.9 Å². The van der Waals surface area contributed by atoms with Crippen molar-refractivity contribution in [3.63, 3.8) is 0 Å². The maximum atomic E-state index is 12.6. The molecule has 0 aliphatic rings. The zero-order valence-corrected chi connectivity index (χ0v) is 21.6. The third kappa shape index (κ3) is 4.24. The lowest BCUT2D eigenvalue weighted by Crippen LogP contribution is -2.11. The molecule has 39 heavy (non-hydrogen) atoms. The summed E-state index contributed by atoms with van der Waals surface area (Å²) in [7, 11) is 0. The number of carbonyl (C=O) groups is 1. The Bertz CT molecular complexity index is 1990. The molecular weight excluding hydrogens is 506 g/mol. The van der Waals surface area contributed by atoms with Gasteiger partial charge < -0.3 is 10.3 Å². The molecule has 0 saturated carbocycles. The highest BCUT2D eigenvalue weighted by atomic mass is 32.1. The number of benzene rings is 2. The standard InChI is InChI=1S/C30H21N7OS/c1-17-10-11-26(39-17)21-8-5-9-23-27(21)35-29(34-23)28-22-13-24(32-16-25(22)36-37-28)19-12-20(15-31-14-19)33-30(38)18-6-3-2-4-7-18/h2-16H,1H3,(H,33,38)(H,34,35)(H,36,37). The maximum Gasteiger partial charge on any atom is 0.255 e. The van der Waals surface area contributed by atoms with E-state index in [0.29, 0.717) is 28.5 Å². The molecule has 0 radical (unpaired) electrons. The lowest BCUT2D eigenvalue weighted by atomic mass is 10.1. The number of hydrogen-bond donors (Lipinski definition) is 3. The highest BCUT2D eigenvalue weighted by Crippen LogP contribution is 2.35. The lowest BCUT2D eigenvalue weighted by Gasteiger charge is -2.07. The minimum atomic E-state index is -0.197. The van der Waals surface area contributed by atoms with E-state index in [-0.39, 0.29) is 5.91 Å². The number of rotatable bonds is 5. The van der Waals surface area contributed by atoms with Crippen LogP contribution >= 0.6 is 11.3 Å². The highest BCUT2D eigenvalue weighted by Gasteiger charge is 2.17. The van der Waals surface area contributed by atoms with Crippen molar-refractivity contribution in [3.8, 4) is 33.2 Å². The summed E-state index contributed by atoms with van der Waals surface area (Å²) in [6.07, 6.45) is 5.09. The molecule has 0 aliphatic heterocycles. The zero-order valence-electron chi connectivity index (χ0n) is 20.8. The molecule has 0 spiro atoms. The van der Waals surface area contributed by atoms with Crippen LogP contribution in [-0.2, 0) is 0 Å². The number of amides is 1. The molecule has 5 aromatic heterocycles. The van der Waals surface area contributed by atoms with E-state index in [1.807, 2.05) is 42.5 Å². The van der Waals surface area contributed by atoms with E-state index in [1.54, 1.807) is 42.1 Å². The predicted molar refractivity (Wildman–Crippen MR) is 155 cm³/mol. The number of fused-ring (bicyclic) bond motifs is 2. The smallest absolute Gasteiger partial charge is 0.255 e. The van der Waals surface area contributed by atoms with E-state index in [9.17, 15) is 4.79 Å². The number of H-pyrrole nitrogens is 2. The summed E-state index contributed by atoms with van der Waals surface area (Å²) in [6, 6.07) is 23.3. The molecule has 9 heteroatoms. The van der Waals surface area contributed by atoms with Crippen molar-refractivity contribution < 1.29 is 4.79 Å². The number of para-hydroxylation sites is 1. The highest BCUT2D eigenvalue weighted by molar-refractivity contribution is 7.15. The van der Waals surface area contributed by atoms with Gasteiger partial charge in [0.05, 0.1) is 40.3 Å². The Kier molecular flexibility index (Phi) is 5.49. The van der Waals surface area contributed by atoms with Crippen molar-refractivity contribution in [2.75, 3.05) is 5.32 Å². The number of nitrogens with one attached hydrogen (secondary N) is 3. The molecule has 3 N–H and O–H groups in total. The molecule has 8 nitrogen and oxygen atoms in total. The zero-order chi connectivity index (χ0) is 26.3. The first-order chi connectivity index (χ1) is 19.1. The fourth-order valence-electron chi connectivity index (χ4n) is 4.62.